The van der Waals surface area contributed by atoms with Crippen LogP contribution in [-0.2, 0) is 6.42 Å². The highest BCUT2D eigenvalue weighted by atomic mass is 16.1. The molecule has 3 heteroatoms. The zero-order valence-electron chi connectivity index (χ0n) is 6.24. The van der Waals surface area contributed by atoms with E-state index in [9.17, 15) is 4.79 Å². The third-order valence-electron chi connectivity index (χ3n) is 1.51. The molecule has 0 atom stereocenters. The minimum atomic E-state index is -0.211. The Bertz CT molecular complexity index is 346. The summed E-state index contributed by atoms with van der Waals surface area (Å²) in [6.45, 7) is 1.89. The standard InChI is InChI=1S/C8H8N2O/c1-2-7-4-3-5-10(6-9)8(7)11/h3-5H,2H2,1H3. The molecular weight excluding hydrogens is 140 g/mol. The van der Waals surface area contributed by atoms with E-state index in [-0.39, 0.29) is 5.56 Å². The Morgan fingerprint density at radius 2 is 2.45 bits per heavy atom. The molecule has 0 aliphatic carbocycles. The maximum absolute atomic E-state index is 11.2. The molecule has 56 valence electrons. The summed E-state index contributed by atoms with van der Waals surface area (Å²) in [5, 5.41) is 8.45. The van der Waals surface area contributed by atoms with Gasteiger partial charge in [0.15, 0.2) is 6.19 Å². The molecule has 0 aliphatic heterocycles. The molecule has 0 aromatic carbocycles. The highest BCUT2D eigenvalue weighted by molar-refractivity contribution is 5.12. The minimum Gasteiger partial charge on any atom is -0.268 e. The van der Waals surface area contributed by atoms with Crippen LogP contribution in [0.1, 0.15) is 12.5 Å². The summed E-state index contributed by atoms with van der Waals surface area (Å²) in [5.41, 5.74) is 0.464. The third kappa shape index (κ3) is 1.30. The van der Waals surface area contributed by atoms with Crippen LogP contribution >= 0.6 is 0 Å². The molecule has 1 heterocycles. The van der Waals surface area contributed by atoms with Gasteiger partial charge in [0.25, 0.3) is 5.56 Å². The molecule has 0 saturated carbocycles. The Morgan fingerprint density at radius 3 is 3.00 bits per heavy atom. The van der Waals surface area contributed by atoms with E-state index >= 15 is 0 Å². The van der Waals surface area contributed by atoms with Gasteiger partial charge in [-0.1, -0.05) is 13.0 Å². The summed E-state index contributed by atoms with van der Waals surface area (Å²) in [5.74, 6) is 0. The lowest BCUT2D eigenvalue weighted by molar-refractivity contribution is 0.953. The van der Waals surface area contributed by atoms with Crippen molar-refractivity contribution in [2.75, 3.05) is 0 Å². The van der Waals surface area contributed by atoms with Crippen LogP contribution in [0.15, 0.2) is 23.1 Å². The van der Waals surface area contributed by atoms with Gasteiger partial charge >= 0.3 is 0 Å². The molecule has 1 aromatic rings. The average molecular weight is 148 g/mol. The van der Waals surface area contributed by atoms with Crippen molar-refractivity contribution in [3.05, 3.63) is 34.2 Å². The molecule has 1 aromatic heterocycles. The summed E-state index contributed by atoms with van der Waals surface area (Å²) in [6.07, 6.45) is 3.90. The van der Waals surface area contributed by atoms with Gasteiger partial charge in [0, 0.05) is 11.8 Å². The highest BCUT2D eigenvalue weighted by Crippen LogP contribution is 1.90. The van der Waals surface area contributed by atoms with E-state index in [2.05, 4.69) is 0 Å². The maximum atomic E-state index is 11.2. The van der Waals surface area contributed by atoms with E-state index in [1.54, 1.807) is 18.3 Å². The second-order valence-electron chi connectivity index (χ2n) is 2.16. The molecular formula is C8H8N2O. The summed E-state index contributed by atoms with van der Waals surface area (Å²) >= 11 is 0. The molecule has 3 nitrogen and oxygen atoms in total. The topological polar surface area (TPSA) is 45.8 Å². The fourth-order valence-electron chi connectivity index (χ4n) is 0.887. The summed E-state index contributed by atoms with van der Waals surface area (Å²) in [6, 6.07) is 3.43. The zero-order chi connectivity index (χ0) is 8.27. The normalized spacial score (nSPS) is 9.09. The number of hydrogen-bond donors (Lipinski definition) is 0. The number of pyridine rings is 1. The number of aromatic nitrogens is 1. The quantitative estimate of drug-likeness (QED) is 0.589. The van der Waals surface area contributed by atoms with Crippen LogP contribution in [0.25, 0.3) is 0 Å². The van der Waals surface area contributed by atoms with Crippen molar-refractivity contribution in [3.63, 3.8) is 0 Å². The van der Waals surface area contributed by atoms with Crippen LogP contribution in [0.3, 0.4) is 0 Å². The lowest BCUT2D eigenvalue weighted by atomic mass is 10.2. The van der Waals surface area contributed by atoms with E-state index in [0.717, 1.165) is 4.57 Å². The molecule has 0 amide bonds. The van der Waals surface area contributed by atoms with E-state index in [4.69, 9.17) is 5.26 Å². The van der Waals surface area contributed by atoms with Crippen LogP contribution in [0.4, 0.5) is 0 Å². The number of rotatable bonds is 1. The van der Waals surface area contributed by atoms with Gasteiger partial charge in [0.05, 0.1) is 0 Å². The third-order valence-corrected chi connectivity index (χ3v) is 1.51. The summed E-state index contributed by atoms with van der Waals surface area (Å²) < 4.78 is 1.03. The SMILES string of the molecule is CCc1cccn(C#N)c1=O. The van der Waals surface area contributed by atoms with Crippen LogP contribution in [-0.4, -0.2) is 4.57 Å². The molecule has 0 aliphatic rings. The Hall–Kier alpha value is -1.56. The van der Waals surface area contributed by atoms with Crippen molar-refractivity contribution in [1.29, 1.82) is 5.26 Å². The van der Waals surface area contributed by atoms with Crippen LogP contribution in [0.5, 0.6) is 0 Å². The van der Waals surface area contributed by atoms with Gasteiger partial charge in [-0.15, -0.1) is 0 Å². The molecule has 0 unspecified atom stereocenters. The molecule has 1 rings (SSSR count). The van der Waals surface area contributed by atoms with Gasteiger partial charge in [0.2, 0.25) is 0 Å². The van der Waals surface area contributed by atoms with Gasteiger partial charge in [-0.3, -0.25) is 4.79 Å². The molecule has 0 fully saturated rings. The smallest absolute Gasteiger partial charge is 0.266 e. The Morgan fingerprint density at radius 1 is 1.73 bits per heavy atom. The number of hydrogen-bond acceptors (Lipinski definition) is 2. The number of nitrogens with zero attached hydrogens (tertiary/aromatic N) is 2. The van der Waals surface area contributed by atoms with E-state index in [0.29, 0.717) is 12.0 Å². The molecule has 0 saturated heterocycles. The lowest BCUT2D eigenvalue weighted by Gasteiger charge is -1.95. The lowest BCUT2D eigenvalue weighted by Crippen LogP contribution is -2.19. The monoisotopic (exact) mass is 148 g/mol. The fraction of sp³-hybridized carbons (Fsp3) is 0.250. The second-order valence-corrected chi connectivity index (χ2v) is 2.16. The first-order chi connectivity index (χ1) is 5.29. The van der Waals surface area contributed by atoms with Gasteiger partial charge in [0.1, 0.15) is 0 Å². The van der Waals surface area contributed by atoms with E-state index in [1.165, 1.54) is 6.20 Å². The largest absolute Gasteiger partial charge is 0.268 e. The molecule has 0 spiro atoms. The number of nitriles is 1. The predicted molar refractivity (Wildman–Crippen MR) is 41.1 cm³/mol. The summed E-state index contributed by atoms with van der Waals surface area (Å²) in [7, 11) is 0. The highest BCUT2D eigenvalue weighted by Gasteiger charge is 1.97. The van der Waals surface area contributed by atoms with Crippen molar-refractivity contribution in [3.8, 4) is 6.19 Å². The Balaban J connectivity index is 3.36. The van der Waals surface area contributed by atoms with Crippen LogP contribution < -0.4 is 5.56 Å². The van der Waals surface area contributed by atoms with E-state index < -0.39 is 0 Å². The molecule has 0 radical (unpaired) electrons. The Labute approximate surface area is 64.5 Å². The number of aryl methyl sites for hydroxylation is 1. The van der Waals surface area contributed by atoms with E-state index in [1.807, 2.05) is 6.92 Å². The van der Waals surface area contributed by atoms with Crippen molar-refractivity contribution in [2.24, 2.45) is 0 Å². The second kappa shape index (κ2) is 3.02. The minimum absolute atomic E-state index is 0.211. The first-order valence-corrected chi connectivity index (χ1v) is 3.40. The van der Waals surface area contributed by atoms with Crippen LogP contribution in [0, 0.1) is 11.5 Å². The van der Waals surface area contributed by atoms with Crippen molar-refractivity contribution in [2.45, 2.75) is 13.3 Å². The fourth-order valence-corrected chi connectivity index (χ4v) is 0.887. The first-order valence-electron chi connectivity index (χ1n) is 3.40. The van der Waals surface area contributed by atoms with Gasteiger partial charge in [-0.2, -0.15) is 5.26 Å². The van der Waals surface area contributed by atoms with Crippen molar-refractivity contribution in [1.82, 2.24) is 4.57 Å². The van der Waals surface area contributed by atoms with Crippen molar-refractivity contribution >= 4 is 0 Å². The zero-order valence-corrected chi connectivity index (χ0v) is 6.24. The maximum Gasteiger partial charge on any atom is 0.266 e. The van der Waals surface area contributed by atoms with Gasteiger partial charge < -0.3 is 0 Å². The molecule has 0 bridgehead atoms. The van der Waals surface area contributed by atoms with Crippen molar-refractivity contribution < 1.29 is 0 Å². The first kappa shape index (κ1) is 7.55. The van der Waals surface area contributed by atoms with Crippen LogP contribution in [0.2, 0.25) is 0 Å². The predicted octanol–water partition coefficient (Wildman–Crippen LogP) is 0.740. The molecule has 0 N–H and O–H groups in total. The van der Waals surface area contributed by atoms with Gasteiger partial charge in [-0.25, -0.2) is 4.57 Å². The summed E-state index contributed by atoms with van der Waals surface area (Å²) in [4.78, 5) is 11.2. The van der Waals surface area contributed by atoms with Gasteiger partial charge in [-0.05, 0) is 12.5 Å². The Kier molecular flexibility index (Phi) is 2.07. The molecule has 11 heavy (non-hydrogen) atoms. The average Bonchev–Trinajstić information content (AvgIpc) is 2.05.